The SMILES string of the molecule is CCc1ccc(N([C@@H](C)C(=O)NCCSCc2cccc(C)c2)S(C)(=O)=O)cc1. The third-order valence-corrected chi connectivity index (χ3v) is 6.86. The molecule has 2 rings (SSSR count). The van der Waals surface area contributed by atoms with Crippen molar-refractivity contribution in [3.8, 4) is 0 Å². The lowest BCUT2D eigenvalue weighted by atomic mass is 10.1. The normalized spacial score (nSPS) is 12.4. The molecule has 5 nitrogen and oxygen atoms in total. The van der Waals surface area contributed by atoms with Crippen LogP contribution in [0.1, 0.15) is 30.5 Å². The van der Waals surface area contributed by atoms with E-state index in [0.717, 1.165) is 29.7 Å². The number of benzene rings is 2. The summed E-state index contributed by atoms with van der Waals surface area (Å²) >= 11 is 1.74. The standard InChI is InChI=1S/C22H30N2O3S2/c1-5-19-9-11-21(12-10-19)24(29(4,26)27)18(3)22(25)23-13-14-28-16-20-8-6-7-17(2)15-20/h6-12,15,18H,5,13-14,16H2,1-4H3,(H,23,25)/t18-/m0/s1. The van der Waals surface area contributed by atoms with Crippen LogP contribution >= 0.6 is 11.8 Å². The smallest absolute Gasteiger partial charge is 0.243 e. The fourth-order valence-electron chi connectivity index (χ4n) is 3.07. The number of thioether (sulfide) groups is 1. The molecular formula is C22H30N2O3S2. The summed E-state index contributed by atoms with van der Waals surface area (Å²) in [6.45, 7) is 6.21. The molecule has 0 spiro atoms. The Bertz CT molecular complexity index is 912. The van der Waals surface area contributed by atoms with Gasteiger partial charge < -0.3 is 5.32 Å². The van der Waals surface area contributed by atoms with Crippen molar-refractivity contribution in [2.45, 2.75) is 39.0 Å². The number of rotatable bonds is 10. The second-order valence-electron chi connectivity index (χ2n) is 7.09. The van der Waals surface area contributed by atoms with E-state index in [1.54, 1.807) is 30.8 Å². The lowest BCUT2D eigenvalue weighted by Gasteiger charge is -2.28. The van der Waals surface area contributed by atoms with Gasteiger partial charge in [0.15, 0.2) is 0 Å². The summed E-state index contributed by atoms with van der Waals surface area (Å²) in [7, 11) is -3.59. The Kier molecular flexibility index (Phi) is 8.59. The van der Waals surface area contributed by atoms with E-state index in [9.17, 15) is 13.2 Å². The predicted molar refractivity (Wildman–Crippen MR) is 123 cm³/mol. The third kappa shape index (κ3) is 7.08. The summed E-state index contributed by atoms with van der Waals surface area (Å²) in [6, 6.07) is 14.8. The van der Waals surface area contributed by atoms with Gasteiger partial charge in [0.1, 0.15) is 6.04 Å². The molecule has 1 amide bonds. The maximum Gasteiger partial charge on any atom is 0.243 e. The van der Waals surface area contributed by atoms with Crippen LogP contribution < -0.4 is 9.62 Å². The molecule has 0 radical (unpaired) electrons. The highest BCUT2D eigenvalue weighted by Crippen LogP contribution is 2.21. The van der Waals surface area contributed by atoms with Gasteiger partial charge in [0.2, 0.25) is 15.9 Å². The minimum atomic E-state index is -3.59. The monoisotopic (exact) mass is 434 g/mol. The van der Waals surface area contributed by atoms with Crippen molar-refractivity contribution in [3.63, 3.8) is 0 Å². The Balaban J connectivity index is 1.91. The molecule has 1 atom stereocenters. The highest BCUT2D eigenvalue weighted by Gasteiger charge is 2.28. The van der Waals surface area contributed by atoms with Crippen LogP contribution in [0.5, 0.6) is 0 Å². The Morgan fingerprint density at radius 2 is 1.83 bits per heavy atom. The van der Waals surface area contributed by atoms with Gasteiger partial charge in [0.25, 0.3) is 0 Å². The van der Waals surface area contributed by atoms with Crippen molar-refractivity contribution < 1.29 is 13.2 Å². The van der Waals surface area contributed by atoms with Crippen molar-refractivity contribution in [3.05, 3.63) is 65.2 Å². The number of hydrogen-bond acceptors (Lipinski definition) is 4. The zero-order valence-electron chi connectivity index (χ0n) is 17.5. The van der Waals surface area contributed by atoms with Gasteiger partial charge in [-0.15, -0.1) is 0 Å². The molecular weight excluding hydrogens is 404 g/mol. The van der Waals surface area contributed by atoms with E-state index >= 15 is 0 Å². The first-order chi connectivity index (χ1) is 13.7. The average Bonchev–Trinajstić information content (AvgIpc) is 2.67. The van der Waals surface area contributed by atoms with E-state index in [0.29, 0.717) is 12.2 Å². The molecule has 0 saturated carbocycles. The maximum atomic E-state index is 12.6. The summed E-state index contributed by atoms with van der Waals surface area (Å²) in [5, 5.41) is 2.86. The van der Waals surface area contributed by atoms with Crippen molar-refractivity contribution in [1.82, 2.24) is 5.32 Å². The Morgan fingerprint density at radius 1 is 1.14 bits per heavy atom. The van der Waals surface area contributed by atoms with Crippen LogP contribution in [0.15, 0.2) is 48.5 Å². The largest absolute Gasteiger partial charge is 0.353 e. The summed E-state index contributed by atoms with van der Waals surface area (Å²) < 4.78 is 25.9. The van der Waals surface area contributed by atoms with Crippen LogP contribution in [0.3, 0.4) is 0 Å². The number of hydrogen-bond donors (Lipinski definition) is 1. The first kappa shape index (κ1) is 23.3. The molecule has 0 bridgehead atoms. The van der Waals surface area contributed by atoms with E-state index in [2.05, 4.69) is 30.4 Å². The first-order valence-electron chi connectivity index (χ1n) is 9.71. The minimum absolute atomic E-state index is 0.300. The molecule has 0 unspecified atom stereocenters. The third-order valence-electron chi connectivity index (χ3n) is 4.58. The van der Waals surface area contributed by atoms with Crippen LogP contribution in [0.4, 0.5) is 5.69 Å². The van der Waals surface area contributed by atoms with Gasteiger partial charge in [-0.1, -0.05) is 48.9 Å². The van der Waals surface area contributed by atoms with Gasteiger partial charge in [0.05, 0.1) is 11.9 Å². The van der Waals surface area contributed by atoms with E-state index in [4.69, 9.17) is 0 Å². The van der Waals surface area contributed by atoms with Crippen molar-refractivity contribution >= 4 is 33.4 Å². The number of sulfonamides is 1. The van der Waals surface area contributed by atoms with E-state index in [1.807, 2.05) is 25.1 Å². The number of nitrogens with zero attached hydrogens (tertiary/aromatic N) is 1. The molecule has 0 saturated heterocycles. The van der Waals surface area contributed by atoms with Gasteiger partial charge in [-0.3, -0.25) is 9.10 Å². The van der Waals surface area contributed by atoms with Crippen LogP contribution in [0.2, 0.25) is 0 Å². The molecule has 29 heavy (non-hydrogen) atoms. The van der Waals surface area contributed by atoms with Crippen molar-refractivity contribution in [1.29, 1.82) is 0 Å². The van der Waals surface area contributed by atoms with Gasteiger partial charge >= 0.3 is 0 Å². The number of aryl methyl sites for hydroxylation is 2. The Labute approximate surface area is 178 Å². The van der Waals surface area contributed by atoms with E-state index < -0.39 is 16.1 Å². The summed E-state index contributed by atoms with van der Waals surface area (Å²) in [5.74, 6) is 1.34. The fourth-order valence-corrected chi connectivity index (χ4v) is 5.05. The highest BCUT2D eigenvalue weighted by atomic mass is 32.2. The Morgan fingerprint density at radius 3 is 2.41 bits per heavy atom. The molecule has 0 heterocycles. The van der Waals surface area contributed by atoms with Gasteiger partial charge in [0, 0.05) is 18.1 Å². The summed E-state index contributed by atoms with van der Waals surface area (Å²) in [6.07, 6.45) is 2.00. The van der Waals surface area contributed by atoms with Crippen LogP contribution in [0.25, 0.3) is 0 Å². The predicted octanol–water partition coefficient (Wildman–Crippen LogP) is 3.76. The Hall–Kier alpha value is -1.99. The van der Waals surface area contributed by atoms with Crippen molar-refractivity contribution in [2.24, 2.45) is 0 Å². The first-order valence-corrected chi connectivity index (χ1v) is 12.7. The van der Waals surface area contributed by atoms with Crippen LogP contribution in [-0.4, -0.2) is 38.9 Å². The molecule has 2 aromatic carbocycles. The zero-order chi connectivity index (χ0) is 21.4. The molecule has 2 aromatic rings. The van der Waals surface area contributed by atoms with Crippen LogP contribution in [0, 0.1) is 6.92 Å². The van der Waals surface area contributed by atoms with Crippen LogP contribution in [-0.2, 0) is 27.0 Å². The molecule has 158 valence electrons. The lowest BCUT2D eigenvalue weighted by molar-refractivity contribution is -0.121. The molecule has 0 aliphatic rings. The molecule has 0 fully saturated rings. The molecule has 1 N–H and O–H groups in total. The molecule has 7 heteroatoms. The second-order valence-corrected chi connectivity index (χ2v) is 10.1. The number of amides is 1. The van der Waals surface area contributed by atoms with E-state index in [-0.39, 0.29) is 5.91 Å². The average molecular weight is 435 g/mol. The second kappa shape index (κ2) is 10.7. The van der Waals surface area contributed by atoms with E-state index in [1.165, 1.54) is 15.4 Å². The number of anilines is 1. The minimum Gasteiger partial charge on any atom is -0.353 e. The van der Waals surface area contributed by atoms with Gasteiger partial charge in [-0.05, 0) is 43.5 Å². The van der Waals surface area contributed by atoms with Gasteiger partial charge in [-0.2, -0.15) is 11.8 Å². The fraction of sp³-hybridized carbons (Fsp3) is 0.409. The quantitative estimate of drug-likeness (QED) is 0.578. The van der Waals surface area contributed by atoms with Gasteiger partial charge in [-0.25, -0.2) is 8.42 Å². The highest BCUT2D eigenvalue weighted by molar-refractivity contribution is 7.98. The maximum absolute atomic E-state index is 12.6. The molecule has 0 aliphatic heterocycles. The summed E-state index contributed by atoms with van der Waals surface area (Å²) in [5.41, 5.74) is 4.11. The van der Waals surface area contributed by atoms with Crippen molar-refractivity contribution in [2.75, 3.05) is 22.9 Å². The lowest BCUT2D eigenvalue weighted by Crippen LogP contribution is -2.48. The molecule has 0 aromatic heterocycles. The zero-order valence-corrected chi connectivity index (χ0v) is 19.1. The topological polar surface area (TPSA) is 66.5 Å². The summed E-state index contributed by atoms with van der Waals surface area (Å²) in [4.78, 5) is 12.6. The number of nitrogens with one attached hydrogen (secondary N) is 1. The number of carbonyl (C=O) groups is 1. The molecule has 0 aliphatic carbocycles. The number of carbonyl (C=O) groups excluding carboxylic acids is 1.